The summed E-state index contributed by atoms with van der Waals surface area (Å²) in [6.07, 6.45) is 1.20. The van der Waals surface area contributed by atoms with Crippen LogP contribution in [0.15, 0.2) is 18.2 Å². The fourth-order valence-corrected chi connectivity index (χ4v) is 2.26. The first kappa shape index (κ1) is 17.6. The van der Waals surface area contributed by atoms with Gasteiger partial charge >= 0.3 is 5.97 Å². The molecule has 0 bridgehead atoms. The van der Waals surface area contributed by atoms with E-state index in [1.54, 1.807) is 12.1 Å². The van der Waals surface area contributed by atoms with Gasteiger partial charge in [-0.3, -0.25) is 14.4 Å². The van der Waals surface area contributed by atoms with Gasteiger partial charge in [0, 0.05) is 12.1 Å². The zero-order valence-corrected chi connectivity index (χ0v) is 13.3. The Morgan fingerprint density at radius 1 is 1.21 bits per heavy atom. The van der Waals surface area contributed by atoms with Crippen LogP contribution in [-0.2, 0) is 9.59 Å². The maximum absolute atomic E-state index is 12.0. The molecule has 1 aromatic rings. The standard InChI is InChI=1S/C16H20N2O6/c1-2-3-11(16(21)22)7-17-14(19)8-18-15(20)10-4-5-12-13(6-10)24-9-23-12/h4-6,11H,2-3,7-9H2,1H3,(H,17,19)(H,18,20)(H,21,22). The predicted octanol–water partition coefficient (Wildman–Crippen LogP) is 0.762. The van der Waals surface area contributed by atoms with Crippen molar-refractivity contribution in [3.63, 3.8) is 0 Å². The van der Waals surface area contributed by atoms with E-state index in [2.05, 4.69) is 10.6 Å². The molecule has 1 unspecified atom stereocenters. The second kappa shape index (κ2) is 8.19. The maximum atomic E-state index is 12.0. The lowest BCUT2D eigenvalue weighted by molar-refractivity contribution is -0.141. The van der Waals surface area contributed by atoms with Crippen molar-refractivity contribution in [2.75, 3.05) is 19.9 Å². The molecule has 8 heteroatoms. The molecule has 1 aliphatic heterocycles. The van der Waals surface area contributed by atoms with Crippen LogP contribution in [0.25, 0.3) is 0 Å². The Balaban J connectivity index is 1.79. The van der Waals surface area contributed by atoms with Crippen LogP contribution in [0.2, 0.25) is 0 Å². The Labute approximate surface area is 139 Å². The molecule has 1 atom stereocenters. The zero-order valence-electron chi connectivity index (χ0n) is 13.3. The van der Waals surface area contributed by atoms with Crippen molar-refractivity contribution < 1.29 is 29.0 Å². The van der Waals surface area contributed by atoms with Gasteiger partial charge in [-0.05, 0) is 24.6 Å². The highest BCUT2D eigenvalue weighted by molar-refractivity contribution is 5.97. The fourth-order valence-electron chi connectivity index (χ4n) is 2.26. The number of carboxylic acid groups (broad SMARTS) is 1. The third-order valence-electron chi connectivity index (χ3n) is 3.58. The highest BCUT2D eigenvalue weighted by Gasteiger charge is 2.18. The van der Waals surface area contributed by atoms with Gasteiger partial charge < -0.3 is 25.2 Å². The second-order valence-corrected chi connectivity index (χ2v) is 5.38. The molecular formula is C16H20N2O6. The van der Waals surface area contributed by atoms with Crippen LogP contribution in [0.1, 0.15) is 30.1 Å². The minimum absolute atomic E-state index is 0.0436. The van der Waals surface area contributed by atoms with Crippen LogP contribution in [0.3, 0.4) is 0 Å². The monoisotopic (exact) mass is 336 g/mol. The Hall–Kier alpha value is -2.77. The van der Waals surface area contributed by atoms with E-state index in [4.69, 9.17) is 14.6 Å². The minimum atomic E-state index is -0.943. The largest absolute Gasteiger partial charge is 0.481 e. The van der Waals surface area contributed by atoms with E-state index < -0.39 is 23.7 Å². The van der Waals surface area contributed by atoms with Gasteiger partial charge in [-0.15, -0.1) is 0 Å². The normalized spacial score (nSPS) is 13.2. The molecule has 1 heterocycles. The van der Waals surface area contributed by atoms with E-state index in [0.29, 0.717) is 29.9 Å². The number of ether oxygens (including phenoxy) is 2. The highest BCUT2D eigenvalue weighted by atomic mass is 16.7. The van der Waals surface area contributed by atoms with Gasteiger partial charge in [0.05, 0.1) is 12.5 Å². The van der Waals surface area contributed by atoms with E-state index in [1.807, 2.05) is 6.92 Å². The van der Waals surface area contributed by atoms with Crippen LogP contribution < -0.4 is 20.1 Å². The number of aliphatic carboxylic acids is 1. The first-order valence-corrected chi connectivity index (χ1v) is 7.68. The number of rotatable bonds is 8. The molecule has 3 N–H and O–H groups in total. The zero-order chi connectivity index (χ0) is 17.5. The van der Waals surface area contributed by atoms with Crippen LogP contribution in [0.5, 0.6) is 11.5 Å². The molecule has 1 aliphatic rings. The number of nitrogens with one attached hydrogen (secondary N) is 2. The lowest BCUT2D eigenvalue weighted by Crippen LogP contribution is -2.40. The van der Waals surface area contributed by atoms with Gasteiger partial charge in [-0.2, -0.15) is 0 Å². The SMILES string of the molecule is CCCC(CNC(=O)CNC(=O)c1ccc2c(c1)OCO2)C(=O)O. The summed E-state index contributed by atoms with van der Waals surface area (Å²) >= 11 is 0. The quantitative estimate of drug-likeness (QED) is 0.646. The van der Waals surface area contributed by atoms with E-state index in [1.165, 1.54) is 6.07 Å². The van der Waals surface area contributed by atoms with Gasteiger partial charge in [0.15, 0.2) is 11.5 Å². The number of hydrogen-bond acceptors (Lipinski definition) is 5. The lowest BCUT2D eigenvalue weighted by Gasteiger charge is -2.12. The summed E-state index contributed by atoms with van der Waals surface area (Å²) in [4.78, 5) is 34.8. The molecule has 2 rings (SSSR count). The molecule has 0 saturated heterocycles. The molecule has 24 heavy (non-hydrogen) atoms. The lowest BCUT2D eigenvalue weighted by atomic mass is 10.0. The van der Waals surface area contributed by atoms with E-state index >= 15 is 0 Å². The summed E-state index contributed by atoms with van der Waals surface area (Å²) < 4.78 is 10.3. The first-order valence-electron chi connectivity index (χ1n) is 7.68. The number of carbonyl (C=O) groups is 3. The molecule has 1 aromatic carbocycles. The first-order chi connectivity index (χ1) is 11.5. The summed E-state index contributed by atoms with van der Waals surface area (Å²) in [7, 11) is 0. The van der Waals surface area contributed by atoms with Gasteiger partial charge in [-0.25, -0.2) is 0 Å². The Morgan fingerprint density at radius 3 is 2.67 bits per heavy atom. The molecule has 0 saturated carbocycles. The van der Waals surface area contributed by atoms with Crippen molar-refractivity contribution in [1.29, 1.82) is 0 Å². The number of benzene rings is 1. The van der Waals surface area contributed by atoms with Crippen molar-refractivity contribution in [2.45, 2.75) is 19.8 Å². The highest BCUT2D eigenvalue weighted by Crippen LogP contribution is 2.32. The fraction of sp³-hybridized carbons (Fsp3) is 0.438. The van der Waals surface area contributed by atoms with Crippen molar-refractivity contribution in [3.05, 3.63) is 23.8 Å². The maximum Gasteiger partial charge on any atom is 0.308 e. The molecule has 8 nitrogen and oxygen atoms in total. The Bertz CT molecular complexity index is 631. The number of amides is 2. The summed E-state index contributed by atoms with van der Waals surface area (Å²) in [6, 6.07) is 4.74. The molecule has 130 valence electrons. The molecule has 0 radical (unpaired) electrons. The Morgan fingerprint density at radius 2 is 1.96 bits per heavy atom. The van der Waals surface area contributed by atoms with Crippen LogP contribution >= 0.6 is 0 Å². The van der Waals surface area contributed by atoms with E-state index in [9.17, 15) is 14.4 Å². The molecule has 0 aromatic heterocycles. The molecule has 0 spiro atoms. The number of carbonyl (C=O) groups excluding carboxylic acids is 2. The average Bonchev–Trinajstić information content (AvgIpc) is 3.03. The third-order valence-corrected chi connectivity index (χ3v) is 3.58. The number of carboxylic acids is 1. The van der Waals surface area contributed by atoms with Gasteiger partial charge in [0.1, 0.15) is 0 Å². The van der Waals surface area contributed by atoms with E-state index in [-0.39, 0.29) is 19.9 Å². The molecular weight excluding hydrogens is 316 g/mol. The second-order valence-electron chi connectivity index (χ2n) is 5.38. The van der Waals surface area contributed by atoms with Gasteiger partial charge in [-0.1, -0.05) is 13.3 Å². The average molecular weight is 336 g/mol. The van der Waals surface area contributed by atoms with Crippen LogP contribution in [-0.4, -0.2) is 42.8 Å². The van der Waals surface area contributed by atoms with Crippen molar-refractivity contribution in [3.8, 4) is 11.5 Å². The van der Waals surface area contributed by atoms with Crippen molar-refractivity contribution in [1.82, 2.24) is 10.6 Å². The topological polar surface area (TPSA) is 114 Å². The smallest absolute Gasteiger partial charge is 0.308 e. The van der Waals surface area contributed by atoms with Crippen molar-refractivity contribution in [2.24, 2.45) is 5.92 Å². The summed E-state index contributed by atoms with van der Waals surface area (Å²) in [5, 5.41) is 14.0. The van der Waals surface area contributed by atoms with Gasteiger partial charge in [0.2, 0.25) is 12.7 Å². The van der Waals surface area contributed by atoms with E-state index in [0.717, 1.165) is 0 Å². The number of fused-ring (bicyclic) bond motifs is 1. The third kappa shape index (κ3) is 4.61. The molecule has 0 fully saturated rings. The number of hydrogen-bond donors (Lipinski definition) is 3. The minimum Gasteiger partial charge on any atom is -0.481 e. The molecule has 0 aliphatic carbocycles. The summed E-state index contributed by atoms with van der Waals surface area (Å²) in [6.45, 7) is 1.81. The summed E-state index contributed by atoms with van der Waals surface area (Å²) in [5.74, 6) is -1.38. The predicted molar refractivity (Wildman–Crippen MR) is 83.9 cm³/mol. The van der Waals surface area contributed by atoms with Gasteiger partial charge in [0.25, 0.3) is 5.91 Å². The summed E-state index contributed by atoms with van der Waals surface area (Å²) in [5.41, 5.74) is 0.349. The van der Waals surface area contributed by atoms with Crippen molar-refractivity contribution >= 4 is 17.8 Å². The van der Waals surface area contributed by atoms with Crippen LogP contribution in [0, 0.1) is 5.92 Å². The van der Waals surface area contributed by atoms with Crippen LogP contribution in [0.4, 0.5) is 0 Å². The molecule has 2 amide bonds. The Kier molecular flexibility index (Phi) is 6.00.